The molecule has 0 atom stereocenters. The minimum Gasteiger partial charge on any atom is -0.209 e. The molecule has 0 aromatic carbocycles. The van der Waals surface area contributed by atoms with E-state index in [2.05, 4.69) is 0 Å². The number of hydrogen-bond acceptors (Lipinski definition) is 0. The first-order valence-corrected chi connectivity index (χ1v) is 2.41. The third-order valence-electron chi connectivity index (χ3n) is 0.761. The van der Waals surface area contributed by atoms with E-state index in [1.807, 2.05) is 0 Å². The highest BCUT2D eigenvalue weighted by Crippen LogP contribution is 2.17. The van der Waals surface area contributed by atoms with Crippen molar-refractivity contribution in [2.24, 2.45) is 0 Å². The van der Waals surface area contributed by atoms with Crippen LogP contribution in [0.4, 0.5) is 17.6 Å². The van der Waals surface area contributed by atoms with Crippen LogP contribution in [-0.2, 0) is 0 Å². The van der Waals surface area contributed by atoms with Gasteiger partial charge in [0.15, 0.2) is 5.83 Å². The Morgan fingerprint density at radius 2 is 1.78 bits per heavy atom. The van der Waals surface area contributed by atoms with Crippen molar-refractivity contribution in [2.75, 3.05) is 0 Å². The molecule has 0 spiro atoms. The molecule has 0 aromatic rings. The molecule has 0 rings (SSSR count). The van der Waals surface area contributed by atoms with Crippen LogP contribution in [0.1, 0.15) is 13.3 Å². The molecule has 0 N–H and O–H groups in total. The summed E-state index contributed by atoms with van der Waals surface area (Å²) in [6.07, 6.45) is -3.64. The van der Waals surface area contributed by atoms with Gasteiger partial charge in [-0.05, 0) is 6.42 Å². The first kappa shape index (κ1) is 8.46. The fourth-order valence-corrected chi connectivity index (χ4v) is 0.287. The Balaban J connectivity index is 4.10. The third kappa shape index (κ3) is 2.49. The molecule has 0 aliphatic rings. The maximum atomic E-state index is 11.8. The van der Waals surface area contributed by atoms with Crippen LogP contribution in [0.5, 0.6) is 0 Å². The first-order chi connectivity index (χ1) is 4.09. The fraction of sp³-hybridized carbons (Fsp3) is 0.600. The quantitative estimate of drug-likeness (QED) is 0.520. The molecular weight excluding hydrogens is 136 g/mol. The molecule has 0 radical (unpaired) electrons. The summed E-state index contributed by atoms with van der Waals surface area (Å²) in [5.41, 5.74) is 0. The average molecular weight is 142 g/mol. The Bertz CT molecular complexity index is 116. The Morgan fingerprint density at radius 1 is 1.33 bits per heavy atom. The number of halogens is 4. The zero-order valence-electron chi connectivity index (χ0n) is 4.80. The van der Waals surface area contributed by atoms with Crippen molar-refractivity contribution < 1.29 is 17.6 Å². The summed E-state index contributed by atoms with van der Waals surface area (Å²) in [6.45, 7) is 1.26. The van der Waals surface area contributed by atoms with Crippen molar-refractivity contribution in [3.05, 3.63) is 11.7 Å². The van der Waals surface area contributed by atoms with Gasteiger partial charge in [-0.1, -0.05) is 6.92 Å². The van der Waals surface area contributed by atoms with E-state index < -0.39 is 18.1 Å². The number of alkyl halides is 2. The van der Waals surface area contributed by atoms with E-state index in [9.17, 15) is 17.6 Å². The summed E-state index contributed by atoms with van der Waals surface area (Å²) >= 11 is 0. The third-order valence-corrected chi connectivity index (χ3v) is 0.761. The molecule has 0 saturated heterocycles. The summed E-state index contributed by atoms with van der Waals surface area (Å²) in [5.74, 6) is -3.32. The molecule has 0 aliphatic carbocycles. The second-order valence-electron chi connectivity index (χ2n) is 1.41. The van der Waals surface area contributed by atoms with Crippen molar-refractivity contribution in [1.29, 1.82) is 0 Å². The zero-order chi connectivity index (χ0) is 7.44. The van der Waals surface area contributed by atoms with Crippen LogP contribution < -0.4 is 0 Å². The SMILES string of the molecule is CC/C(F)=C(\F)C(F)F. The molecule has 0 aromatic heterocycles. The first-order valence-electron chi connectivity index (χ1n) is 2.41. The highest BCUT2D eigenvalue weighted by Gasteiger charge is 2.14. The molecule has 0 heterocycles. The van der Waals surface area contributed by atoms with Crippen molar-refractivity contribution in [3.63, 3.8) is 0 Å². The number of hydrogen-bond donors (Lipinski definition) is 0. The zero-order valence-corrected chi connectivity index (χ0v) is 4.80. The standard InChI is InChI=1S/C5H6F4/c1-2-3(6)4(7)5(8)9/h5H,2H2,1H3/b4-3+. The number of allylic oxidation sites excluding steroid dienone is 2. The Morgan fingerprint density at radius 3 is 1.89 bits per heavy atom. The molecule has 0 unspecified atom stereocenters. The molecule has 0 fully saturated rings. The highest BCUT2D eigenvalue weighted by atomic mass is 19.3. The lowest BCUT2D eigenvalue weighted by molar-refractivity contribution is 0.152. The van der Waals surface area contributed by atoms with Gasteiger partial charge in [-0.25, -0.2) is 17.6 Å². The van der Waals surface area contributed by atoms with Gasteiger partial charge in [0.25, 0.3) is 6.43 Å². The van der Waals surface area contributed by atoms with E-state index in [1.54, 1.807) is 0 Å². The van der Waals surface area contributed by atoms with Crippen LogP contribution in [-0.4, -0.2) is 6.43 Å². The maximum Gasteiger partial charge on any atom is 0.292 e. The van der Waals surface area contributed by atoms with Gasteiger partial charge in [0.05, 0.1) is 0 Å². The molecule has 0 nitrogen and oxygen atoms in total. The lowest BCUT2D eigenvalue weighted by Gasteiger charge is -1.94. The normalized spacial score (nSPS) is 14.0. The monoisotopic (exact) mass is 142 g/mol. The van der Waals surface area contributed by atoms with E-state index in [-0.39, 0.29) is 6.42 Å². The highest BCUT2D eigenvalue weighted by molar-refractivity contribution is 5.00. The van der Waals surface area contributed by atoms with Crippen LogP contribution in [0.2, 0.25) is 0 Å². The Hall–Kier alpha value is -0.540. The molecule has 0 aliphatic heterocycles. The summed E-state index contributed by atoms with van der Waals surface area (Å²) in [4.78, 5) is 0. The molecular formula is C5H6F4. The van der Waals surface area contributed by atoms with Crippen LogP contribution in [0.3, 0.4) is 0 Å². The Labute approximate surface area is 50.2 Å². The van der Waals surface area contributed by atoms with Gasteiger partial charge >= 0.3 is 0 Å². The van der Waals surface area contributed by atoms with Crippen molar-refractivity contribution in [3.8, 4) is 0 Å². The summed E-state index contributed by atoms with van der Waals surface area (Å²) in [6, 6.07) is 0. The second-order valence-corrected chi connectivity index (χ2v) is 1.41. The van der Waals surface area contributed by atoms with Crippen LogP contribution >= 0.6 is 0 Å². The second kappa shape index (κ2) is 3.48. The Kier molecular flexibility index (Phi) is 3.27. The van der Waals surface area contributed by atoms with E-state index in [0.29, 0.717) is 0 Å². The topological polar surface area (TPSA) is 0 Å². The predicted octanol–water partition coefficient (Wildman–Crippen LogP) is 2.81. The van der Waals surface area contributed by atoms with Gasteiger partial charge in [-0.2, -0.15) is 0 Å². The number of rotatable bonds is 2. The summed E-state index contributed by atoms with van der Waals surface area (Å²) < 4.78 is 45.9. The molecule has 0 bridgehead atoms. The van der Waals surface area contributed by atoms with Gasteiger partial charge in [-0.3, -0.25) is 0 Å². The predicted molar refractivity (Wildman–Crippen MR) is 25.5 cm³/mol. The van der Waals surface area contributed by atoms with E-state index in [0.717, 1.165) is 0 Å². The minimum atomic E-state index is -3.31. The lowest BCUT2D eigenvalue weighted by Crippen LogP contribution is -1.92. The lowest BCUT2D eigenvalue weighted by atomic mass is 10.4. The summed E-state index contributed by atoms with van der Waals surface area (Å²) in [5, 5.41) is 0. The molecule has 0 saturated carbocycles. The van der Waals surface area contributed by atoms with Gasteiger partial charge in [0, 0.05) is 0 Å². The van der Waals surface area contributed by atoms with Gasteiger partial charge in [0.2, 0.25) is 0 Å². The largest absolute Gasteiger partial charge is 0.292 e. The van der Waals surface area contributed by atoms with Gasteiger partial charge < -0.3 is 0 Å². The fourth-order valence-electron chi connectivity index (χ4n) is 0.287. The van der Waals surface area contributed by atoms with Crippen molar-refractivity contribution in [1.82, 2.24) is 0 Å². The average Bonchev–Trinajstić information content (AvgIpc) is 1.84. The van der Waals surface area contributed by atoms with Gasteiger partial charge in [-0.15, -0.1) is 0 Å². The van der Waals surface area contributed by atoms with E-state index in [1.165, 1.54) is 6.92 Å². The maximum absolute atomic E-state index is 11.8. The molecule has 9 heavy (non-hydrogen) atoms. The van der Waals surface area contributed by atoms with Crippen molar-refractivity contribution >= 4 is 0 Å². The molecule has 54 valence electrons. The van der Waals surface area contributed by atoms with Crippen LogP contribution in [0.15, 0.2) is 11.7 Å². The smallest absolute Gasteiger partial charge is 0.209 e. The van der Waals surface area contributed by atoms with Gasteiger partial charge in [0.1, 0.15) is 5.83 Å². The molecule has 0 amide bonds. The minimum absolute atomic E-state index is 0.323. The van der Waals surface area contributed by atoms with E-state index >= 15 is 0 Å². The molecule has 4 heteroatoms. The van der Waals surface area contributed by atoms with Crippen LogP contribution in [0, 0.1) is 0 Å². The van der Waals surface area contributed by atoms with Crippen LogP contribution in [0.25, 0.3) is 0 Å². The van der Waals surface area contributed by atoms with Crippen molar-refractivity contribution in [2.45, 2.75) is 19.8 Å². The van der Waals surface area contributed by atoms with E-state index in [4.69, 9.17) is 0 Å². The summed E-state index contributed by atoms with van der Waals surface area (Å²) in [7, 11) is 0.